The highest BCUT2D eigenvalue weighted by Crippen LogP contribution is 2.25. The lowest BCUT2D eigenvalue weighted by Gasteiger charge is -2.07. The summed E-state index contributed by atoms with van der Waals surface area (Å²) in [5, 5.41) is 30.9. The monoisotopic (exact) mass is 231 g/mol. The maximum absolute atomic E-state index is 9.32. The minimum Gasteiger partial charge on any atom is -0.508 e. The van der Waals surface area contributed by atoms with Crippen molar-refractivity contribution in [3.05, 3.63) is 48.0 Å². The van der Waals surface area contributed by atoms with Crippen molar-refractivity contribution in [3.63, 3.8) is 0 Å². The molecule has 0 aliphatic carbocycles. The van der Waals surface area contributed by atoms with Gasteiger partial charge >= 0.3 is 0 Å². The molecule has 0 aromatic heterocycles. The molecule has 0 aliphatic heterocycles. The van der Waals surface area contributed by atoms with Crippen LogP contribution in [0.25, 0.3) is 0 Å². The van der Waals surface area contributed by atoms with Gasteiger partial charge in [0.2, 0.25) is 0 Å². The number of hydrogen-bond donors (Lipinski definition) is 4. The Hall–Kier alpha value is -2.36. The molecule has 0 atom stereocenters. The standard InChI is InChI=1S/C13H13NO3/c15-11-3-1-2-10(7-11)14-8-9-4-5-12(16)13(17)6-9/h1-7,14-17H,8H2. The lowest BCUT2D eigenvalue weighted by molar-refractivity contribution is 0.403. The first-order valence-corrected chi connectivity index (χ1v) is 5.19. The van der Waals surface area contributed by atoms with Crippen molar-refractivity contribution in [2.75, 3.05) is 5.32 Å². The Morgan fingerprint density at radius 3 is 2.41 bits per heavy atom. The van der Waals surface area contributed by atoms with E-state index in [4.69, 9.17) is 5.11 Å². The van der Waals surface area contributed by atoms with E-state index >= 15 is 0 Å². The van der Waals surface area contributed by atoms with Crippen molar-refractivity contribution in [1.29, 1.82) is 0 Å². The van der Waals surface area contributed by atoms with Crippen LogP contribution in [0.1, 0.15) is 5.56 Å². The second kappa shape index (κ2) is 4.65. The summed E-state index contributed by atoms with van der Waals surface area (Å²) in [6, 6.07) is 11.4. The van der Waals surface area contributed by atoms with E-state index in [0.29, 0.717) is 6.54 Å². The quantitative estimate of drug-likeness (QED) is 0.612. The molecule has 17 heavy (non-hydrogen) atoms. The Morgan fingerprint density at radius 1 is 0.882 bits per heavy atom. The van der Waals surface area contributed by atoms with Gasteiger partial charge in [-0.3, -0.25) is 0 Å². The van der Waals surface area contributed by atoms with Crippen molar-refractivity contribution in [2.24, 2.45) is 0 Å². The number of aromatic hydroxyl groups is 3. The second-order valence-corrected chi connectivity index (χ2v) is 3.73. The molecule has 2 aromatic carbocycles. The summed E-state index contributed by atoms with van der Waals surface area (Å²) in [4.78, 5) is 0. The Balaban J connectivity index is 2.05. The molecule has 4 heteroatoms. The van der Waals surface area contributed by atoms with Crippen molar-refractivity contribution < 1.29 is 15.3 Å². The van der Waals surface area contributed by atoms with E-state index in [2.05, 4.69) is 5.32 Å². The van der Waals surface area contributed by atoms with Crippen molar-refractivity contribution >= 4 is 5.69 Å². The van der Waals surface area contributed by atoms with E-state index in [0.717, 1.165) is 11.3 Å². The van der Waals surface area contributed by atoms with Crippen LogP contribution in [0, 0.1) is 0 Å². The summed E-state index contributed by atoms with van der Waals surface area (Å²) in [6.45, 7) is 0.497. The largest absolute Gasteiger partial charge is 0.508 e. The average Bonchev–Trinajstić information content (AvgIpc) is 2.31. The van der Waals surface area contributed by atoms with Crippen LogP contribution >= 0.6 is 0 Å². The summed E-state index contributed by atoms with van der Waals surface area (Å²) in [5.74, 6) is -0.0742. The van der Waals surface area contributed by atoms with Crippen molar-refractivity contribution in [1.82, 2.24) is 0 Å². The molecule has 0 radical (unpaired) electrons. The Kier molecular flexibility index (Phi) is 3.05. The molecule has 4 nitrogen and oxygen atoms in total. The van der Waals surface area contributed by atoms with Crippen LogP contribution in [0.15, 0.2) is 42.5 Å². The van der Waals surface area contributed by atoms with Gasteiger partial charge in [0.25, 0.3) is 0 Å². The third-order valence-corrected chi connectivity index (χ3v) is 2.38. The molecule has 0 unspecified atom stereocenters. The van der Waals surface area contributed by atoms with Gasteiger partial charge < -0.3 is 20.6 Å². The smallest absolute Gasteiger partial charge is 0.157 e. The fourth-order valence-corrected chi connectivity index (χ4v) is 1.50. The Morgan fingerprint density at radius 2 is 1.71 bits per heavy atom. The second-order valence-electron chi connectivity index (χ2n) is 3.73. The van der Waals surface area contributed by atoms with Crippen molar-refractivity contribution in [2.45, 2.75) is 6.54 Å². The predicted octanol–water partition coefficient (Wildman–Crippen LogP) is 2.42. The highest BCUT2D eigenvalue weighted by Gasteiger charge is 2.00. The first-order chi connectivity index (χ1) is 8.15. The topological polar surface area (TPSA) is 72.7 Å². The minimum absolute atomic E-state index is 0.133. The molecule has 2 aromatic rings. The van der Waals surface area contributed by atoms with E-state index in [1.807, 2.05) is 6.07 Å². The van der Waals surface area contributed by atoms with E-state index < -0.39 is 0 Å². The highest BCUT2D eigenvalue weighted by molar-refractivity contribution is 5.49. The lowest BCUT2D eigenvalue weighted by Crippen LogP contribution is -1.98. The molecule has 0 spiro atoms. The van der Waals surface area contributed by atoms with Gasteiger partial charge in [0, 0.05) is 18.3 Å². The number of hydrogen-bond acceptors (Lipinski definition) is 4. The minimum atomic E-state index is -0.139. The molecular formula is C13H13NO3. The molecule has 2 rings (SSSR count). The third kappa shape index (κ3) is 2.81. The number of anilines is 1. The van der Waals surface area contributed by atoms with Gasteiger partial charge in [-0.05, 0) is 29.8 Å². The fraction of sp³-hybridized carbons (Fsp3) is 0.0769. The predicted molar refractivity (Wildman–Crippen MR) is 65.2 cm³/mol. The summed E-state index contributed by atoms with van der Waals surface area (Å²) >= 11 is 0. The summed E-state index contributed by atoms with van der Waals surface area (Å²) in [6.07, 6.45) is 0. The Bertz CT molecular complexity index is 526. The molecule has 0 bridgehead atoms. The zero-order chi connectivity index (χ0) is 12.3. The van der Waals surface area contributed by atoms with E-state index in [-0.39, 0.29) is 17.2 Å². The van der Waals surface area contributed by atoms with Crippen LogP contribution in [0.3, 0.4) is 0 Å². The zero-order valence-corrected chi connectivity index (χ0v) is 9.09. The van der Waals surface area contributed by atoms with Crippen LogP contribution in [0.2, 0.25) is 0 Å². The van der Waals surface area contributed by atoms with Crippen LogP contribution in [0.4, 0.5) is 5.69 Å². The van der Waals surface area contributed by atoms with Crippen LogP contribution in [0.5, 0.6) is 17.2 Å². The van der Waals surface area contributed by atoms with Gasteiger partial charge in [-0.25, -0.2) is 0 Å². The molecule has 0 aliphatic rings. The maximum Gasteiger partial charge on any atom is 0.157 e. The molecule has 4 N–H and O–H groups in total. The lowest BCUT2D eigenvalue weighted by atomic mass is 10.2. The van der Waals surface area contributed by atoms with E-state index in [9.17, 15) is 10.2 Å². The molecule has 0 saturated carbocycles. The third-order valence-electron chi connectivity index (χ3n) is 2.38. The van der Waals surface area contributed by atoms with Gasteiger partial charge in [0.1, 0.15) is 5.75 Å². The summed E-state index contributed by atoms with van der Waals surface area (Å²) < 4.78 is 0. The molecule has 0 amide bonds. The van der Waals surface area contributed by atoms with Crippen LogP contribution < -0.4 is 5.32 Å². The normalized spacial score (nSPS) is 10.1. The molecule has 0 heterocycles. The van der Waals surface area contributed by atoms with Crippen LogP contribution in [-0.4, -0.2) is 15.3 Å². The van der Waals surface area contributed by atoms with Gasteiger partial charge in [-0.1, -0.05) is 12.1 Å². The number of nitrogens with one attached hydrogen (secondary N) is 1. The first kappa shape index (κ1) is 11.1. The van der Waals surface area contributed by atoms with Gasteiger partial charge in [0.15, 0.2) is 11.5 Å². The fourth-order valence-electron chi connectivity index (χ4n) is 1.50. The summed E-state index contributed by atoms with van der Waals surface area (Å²) in [7, 11) is 0. The molecular weight excluding hydrogens is 218 g/mol. The number of rotatable bonds is 3. The first-order valence-electron chi connectivity index (χ1n) is 5.19. The zero-order valence-electron chi connectivity index (χ0n) is 9.09. The maximum atomic E-state index is 9.32. The van der Waals surface area contributed by atoms with E-state index in [1.54, 1.807) is 24.3 Å². The SMILES string of the molecule is Oc1cccc(NCc2ccc(O)c(O)c2)c1. The Labute approximate surface area is 98.8 Å². The van der Waals surface area contributed by atoms with Gasteiger partial charge in [-0.2, -0.15) is 0 Å². The van der Waals surface area contributed by atoms with Gasteiger partial charge in [0.05, 0.1) is 0 Å². The number of phenols is 3. The average molecular weight is 231 g/mol. The molecule has 0 fully saturated rings. The van der Waals surface area contributed by atoms with E-state index in [1.165, 1.54) is 12.1 Å². The molecule has 0 saturated heterocycles. The number of benzene rings is 2. The summed E-state index contributed by atoms with van der Waals surface area (Å²) in [5.41, 5.74) is 1.63. The highest BCUT2D eigenvalue weighted by atomic mass is 16.3. The van der Waals surface area contributed by atoms with Crippen molar-refractivity contribution in [3.8, 4) is 17.2 Å². The van der Waals surface area contributed by atoms with Crippen LogP contribution in [-0.2, 0) is 6.54 Å². The molecule has 88 valence electrons. The van der Waals surface area contributed by atoms with Gasteiger partial charge in [-0.15, -0.1) is 0 Å². The number of phenolic OH excluding ortho intramolecular Hbond substituents is 3.